The number of hydrogen-bond acceptors (Lipinski definition) is 1. The van der Waals surface area contributed by atoms with E-state index in [1.165, 1.54) is 146 Å². The largest absolute Gasteiger partial charge is 0.309 e. The van der Waals surface area contributed by atoms with Crippen LogP contribution in [0.4, 0.5) is 17.1 Å². The van der Waals surface area contributed by atoms with E-state index < -0.39 is 0 Å². The fraction of sp³-hybridized carbons (Fsp3) is 0.455. The van der Waals surface area contributed by atoms with Gasteiger partial charge in [0.2, 0.25) is 0 Å². The zero-order valence-electron chi connectivity index (χ0n) is 36.6. The second-order valence-corrected chi connectivity index (χ2v) is 21.5. The average Bonchev–Trinajstić information content (AvgIpc) is 3.38. The highest BCUT2D eigenvalue weighted by Crippen LogP contribution is 2.57. The highest BCUT2D eigenvalue weighted by atomic mass is 15.2. The van der Waals surface area contributed by atoms with Crippen LogP contribution >= 0.6 is 0 Å². The van der Waals surface area contributed by atoms with Gasteiger partial charge in [0.25, 0.3) is 0 Å². The third-order valence-electron chi connectivity index (χ3n) is 15.4. The van der Waals surface area contributed by atoms with E-state index in [-0.39, 0.29) is 27.1 Å². The van der Waals surface area contributed by atoms with Crippen LogP contribution < -0.4 is 4.90 Å². The molecule has 0 fully saturated rings. The molecule has 0 saturated carbocycles. The van der Waals surface area contributed by atoms with Crippen molar-refractivity contribution < 1.29 is 0 Å². The van der Waals surface area contributed by atoms with Gasteiger partial charge in [0.15, 0.2) is 0 Å². The summed E-state index contributed by atoms with van der Waals surface area (Å²) in [6.45, 7) is 29.4. The summed E-state index contributed by atoms with van der Waals surface area (Å²) in [6.07, 6.45) is 9.77. The van der Waals surface area contributed by atoms with Crippen molar-refractivity contribution >= 4 is 17.1 Å². The number of anilines is 3. The number of aryl methyl sites for hydroxylation is 4. The van der Waals surface area contributed by atoms with Crippen LogP contribution in [0.1, 0.15) is 163 Å². The van der Waals surface area contributed by atoms with E-state index in [1.807, 2.05) is 0 Å². The second kappa shape index (κ2) is 12.4. The van der Waals surface area contributed by atoms with E-state index in [0.29, 0.717) is 0 Å². The SMILES string of the molecule is Cc1cc2c(cc1N(c1cc3c(cc1C)C(C)(C)CCC3(C)C)c1cc3c(cc1-c1ccc4c(c1)CCCC4)-c1ccccc1C3(C)C)C(C)(C)CCC2(C)C. The molecule has 0 aromatic heterocycles. The molecule has 0 atom stereocenters. The summed E-state index contributed by atoms with van der Waals surface area (Å²) in [5.74, 6) is 0. The molecule has 0 N–H and O–H groups in total. The molecule has 9 rings (SSSR count). The zero-order valence-corrected chi connectivity index (χ0v) is 36.6. The quantitative estimate of drug-likeness (QED) is 0.177. The van der Waals surface area contributed by atoms with Gasteiger partial charge in [-0.15, -0.1) is 0 Å². The topological polar surface area (TPSA) is 3.24 Å². The highest BCUT2D eigenvalue weighted by Gasteiger charge is 2.42. The predicted molar refractivity (Wildman–Crippen MR) is 241 cm³/mol. The van der Waals surface area contributed by atoms with E-state index in [0.717, 1.165) is 0 Å². The smallest absolute Gasteiger partial charge is 0.0543 e. The zero-order chi connectivity index (χ0) is 39.7. The number of nitrogens with zero attached hydrogens (tertiary/aromatic N) is 1. The van der Waals surface area contributed by atoms with E-state index in [2.05, 4.69) is 167 Å². The molecular formula is C55H65N. The molecule has 0 heterocycles. The minimum atomic E-state index is -0.117. The van der Waals surface area contributed by atoms with Crippen molar-refractivity contribution in [2.45, 2.75) is 162 Å². The number of fused-ring (bicyclic) bond motifs is 6. The number of hydrogen-bond donors (Lipinski definition) is 0. The lowest BCUT2D eigenvalue weighted by atomic mass is 9.62. The van der Waals surface area contributed by atoms with Crippen molar-refractivity contribution in [3.05, 3.63) is 134 Å². The van der Waals surface area contributed by atoms with Gasteiger partial charge in [-0.3, -0.25) is 0 Å². The average molecular weight is 740 g/mol. The molecule has 5 aromatic carbocycles. The molecule has 0 radical (unpaired) electrons. The Kier molecular flexibility index (Phi) is 8.33. The molecule has 0 bridgehead atoms. The summed E-state index contributed by atoms with van der Waals surface area (Å²) in [5, 5.41) is 0. The maximum atomic E-state index is 2.73. The Morgan fingerprint density at radius 2 is 0.893 bits per heavy atom. The number of benzene rings is 5. The molecular weight excluding hydrogens is 675 g/mol. The van der Waals surface area contributed by atoms with E-state index in [9.17, 15) is 0 Å². The Hall–Kier alpha value is -4.10. The monoisotopic (exact) mass is 740 g/mol. The van der Waals surface area contributed by atoms with Crippen molar-refractivity contribution in [2.24, 2.45) is 0 Å². The first-order chi connectivity index (χ1) is 26.3. The molecule has 4 aliphatic carbocycles. The lowest BCUT2D eigenvalue weighted by molar-refractivity contribution is 0.331. The molecule has 56 heavy (non-hydrogen) atoms. The molecule has 0 spiro atoms. The van der Waals surface area contributed by atoms with Gasteiger partial charge in [0.05, 0.1) is 5.69 Å². The van der Waals surface area contributed by atoms with Gasteiger partial charge in [-0.05, 0) is 183 Å². The summed E-state index contributed by atoms with van der Waals surface area (Å²) >= 11 is 0. The molecule has 1 heteroatoms. The normalized spacial score (nSPS) is 20.3. The van der Waals surface area contributed by atoms with Gasteiger partial charge in [-0.25, -0.2) is 0 Å². The first-order valence-electron chi connectivity index (χ1n) is 21.8. The first-order valence-corrected chi connectivity index (χ1v) is 21.8. The summed E-state index contributed by atoms with van der Waals surface area (Å²) in [6, 6.07) is 32.2. The van der Waals surface area contributed by atoms with Gasteiger partial charge in [0.1, 0.15) is 0 Å². The van der Waals surface area contributed by atoms with Crippen LogP contribution in [0.15, 0.2) is 78.9 Å². The van der Waals surface area contributed by atoms with Crippen molar-refractivity contribution in [1.82, 2.24) is 0 Å². The van der Waals surface area contributed by atoms with Gasteiger partial charge >= 0.3 is 0 Å². The van der Waals surface area contributed by atoms with Crippen LogP contribution in [-0.4, -0.2) is 0 Å². The first kappa shape index (κ1) is 37.5. The summed E-state index contributed by atoms with van der Waals surface area (Å²) in [4.78, 5) is 2.73. The third-order valence-corrected chi connectivity index (χ3v) is 15.4. The lowest BCUT2D eigenvalue weighted by Gasteiger charge is -2.44. The molecule has 0 aliphatic heterocycles. The fourth-order valence-corrected chi connectivity index (χ4v) is 11.3. The molecule has 1 nitrogen and oxygen atoms in total. The molecule has 5 aromatic rings. The standard InChI is InChI=1S/C55H65N/c1-34-27-44-46(53(7,8)25-23-51(44,3)4)32-48(34)56(49-33-47-45(28-35(49)2)52(5,6)24-26-54(47,9)10)50-31-43-41(39-19-15-16-20-42(39)55(43,11)12)30-40(50)38-22-21-36-17-13-14-18-37(36)29-38/h15-16,19-22,27-33H,13-14,17-18,23-26H2,1-12H3. The molecule has 0 amide bonds. The summed E-state index contributed by atoms with van der Waals surface area (Å²) in [7, 11) is 0. The van der Waals surface area contributed by atoms with Crippen LogP contribution in [0.2, 0.25) is 0 Å². The Morgan fingerprint density at radius 3 is 1.45 bits per heavy atom. The number of rotatable bonds is 4. The van der Waals surface area contributed by atoms with E-state index in [4.69, 9.17) is 0 Å². The van der Waals surface area contributed by atoms with Crippen LogP contribution in [-0.2, 0) is 39.9 Å². The van der Waals surface area contributed by atoms with Gasteiger partial charge in [0, 0.05) is 22.4 Å². The van der Waals surface area contributed by atoms with Crippen molar-refractivity contribution in [1.29, 1.82) is 0 Å². The van der Waals surface area contributed by atoms with Crippen LogP contribution in [0, 0.1) is 13.8 Å². The van der Waals surface area contributed by atoms with Crippen LogP contribution in [0.3, 0.4) is 0 Å². The molecule has 0 unspecified atom stereocenters. The van der Waals surface area contributed by atoms with E-state index in [1.54, 1.807) is 0 Å². The predicted octanol–water partition coefficient (Wildman–Crippen LogP) is 15.3. The maximum absolute atomic E-state index is 2.73. The van der Waals surface area contributed by atoms with Gasteiger partial charge < -0.3 is 4.90 Å². The lowest BCUT2D eigenvalue weighted by Crippen LogP contribution is -2.35. The highest BCUT2D eigenvalue weighted by molar-refractivity contribution is 5.96. The van der Waals surface area contributed by atoms with Crippen molar-refractivity contribution in [3.8, 4) is 22.3 Å². The van der Waals surface area contributed by atoms with Gasteiger partial charge in [-0.2, -0.15) is 0 Å². The second-order valence-electron chi connectivity index (χ2n) is 21.5. The summed E-state index contributed by atoms with van der Waals surface area (Å²) < 4.78 is 0. The van der Waals surface area contributed by atoms with E-state index >= 15 is 0 Å². The minimum Gasteiger partial charge on any atom is -0.309 e. The van der Waals surface area contributed by atoms with Crippen LogP contribution in [0.5, 0.6) is 0 Å². The van der Waals surface area contributed by atoms with Gasteiger partial charge in [-0.1, -0.05) is 124 Å². The third kappa shape index (κ3) is 5.68. The Morgan fingerprint density at radius 1 is 0.411 bits per heavy atom. The van der Waals surface area contributed by atoms with Crippen molar-refractivity contribution in [2.75, 3.05) is 4.90 Å². The molecule has 290 valence electrons. The molecule has 0 saturated heterocycles. The summed E-state index contributed by atoms with van der Waals surface area (Å²) in [5.41, 5.74) is 24.5. The van der Waals surface area contributed by atoms with Crippen molar-refractivity contribution in [3.63, 3.8) is 0 Å². The Labute approximate surface area is 339 Å². The molecule has 4 aliphatic rings. The Balaban J connectivity index is 1.40. The maximum Gasteiger partial charge on any atom is 0.0543 e. The minimum absolute atomic E-state index is 0.0960. The fourth-order valence-electron chi connectivity index (χ4n) is 11.3. The Bertz CT molecular complexity index is 2340. The van der Waals surface area contributed by atoms with Crippen LogP contribution in [0.25, 0.3) is 22.3 Å².